The van der Waals surface area contributed by atoms with Gasteiger partial charge in [-0.3, -0.25) is 9.59 Å². The van der Waals surface area contributed by atoms with Crippen LogP contribution in [0.4, 0.5) is 15.3 Å². The average molecular weight is 420 g/mol. The minimum Gasteiger partial charge on any atom is -0.465 e. The Balaban J connectivity index is 1.48. The first-order chi connectivity index (χ1) is 14.5. The van der Waals surface area contributed by atoms with Crippen molar-refractivity contribution < 1.29 is 29.1 Å². The number of anilines is 1. The highest BCUT2D eigenvalue weighted by molar-refractivity contribution is 5.90. The summed E-state index contributed by atoms with van der Waals surface area (Å²) in [6.07, 6.45) is 1.90. The summed E-state index contributed by atoms with van der Waals surface area (Å²) in [6.45, 7) is 0.862. The summed E-state index contributed by atoms with van der Waals surface area (Å²) in [5, 5.41) is 11.7. The van der Waals surface area contributed by atoms with Gasteiger partial charge in [-0.2, -0.15) is 5.48 Å². The van der Waals surface area contributed by atoms with Crippen molar-refractivity contribution in [2.75, 3.05) is 31.5 Å². The van der Waals surface area contributed by atoms with Crippen molar-refractivity contribution in [3.63, 3.8) is 0 Å². The smallest absolute Gasteiger partial charge is 0.434 e. The molecule has 10 nitrogen and oxygen atoms in total. The maximum atomic E-state index is 11.9. The third kappa shape index (κ3) is 8.38. The molecule has 1 heterocycles. The van der Waals surface area contributed by atoms with Crippen molar-refractivity contribution in [1.82, 2.24) is 15.3 Å². The number of unbranched alkanes of at least 4 members (excludes halogenated alkanes) is 3. The standard InChI is InChI=1S/C20H28N4O6/c25-17(21-16-8-4-3-5-9-16)10-6-1-2-7-11-18(26)22-30-20(29)24-14-12-23(13-15-24)19(27)28/h3-5,8-9H,1-2,6-7,10-15H2,(H,21,25)(H,22,26)(H,27,28). The molecule has 0 spiro atoms. The molecule has 0 radical (unpaired) electrons. The van der Waals surface area contributed by atoms with Crippen LogP contribution in [0.25, 0.3) is 0 Å². The van der Waals surface area contributed by atoms with Crippen LogP contribution in [-0.4, -0.2) is 65.1 Å². The predicted octanol–water partition coefficient (Wildman–Crippen LogP) is 2.43. The van der Waals surface area contributed by atoms with Crippen molar-refractivity contribution in [3.8, 4) is 0 Å². The predicted molar refractivity (Wildman–Crippen MR) is 109 cm³/mol. The fraction of sp³-hybridized carbons (Fsp3) is 0.500. The summed E-state index contributed by atoms with van der Waals surface area (Å²) in [4.78, 5) is 53.6. The number of hydrogen-bond donors (Lipinski definition) is 3. The number of piperazine rings is 1. The summed E-state index contributed by atoms with van der Waals surface area (Å²) < 4.78 is 0. The van der Waals surface area contributed by atoms with Crippen LogP contribution >= 0.6 is 0 Å². The molecule has 0 aromatic heterocycles. The molecule has 0 bridgehead atoms. The minimum absolute atomic E-state index is 0.0324. The van der Waals surface area contributed by atoms with E-state index in [0.717, 1.165) is 24.9 Å². The van der Waals surface area contributed by atoms with E-state index in [1.54, 1.807) is 0 Å². The molecule has 0 saturated carbocycles. The van der Waals surface area contributed by atoms with E-state index in [1.165, 1.54) is 9.80 Å². The van der Waals surface area contributed by atoms with Gasteiger partial charge >= 0.3 is 12.2 Å². The SMILES string of the molecule is O=C(CCCCCCC(=O)Nc1ccccc1)NOC(=O)N1CCN(C(=O)O)CC1. The van der Waals surface area contributed by atoms with Crippen molar-refractivity contribution in [2.45, 2.75) is 38.5 Å². The molecular weight excluding hydrogens is 392 g/mol. The van der Waals surface area contributed by atoms with Crippen LogP contribution in [0.3, 0.4) is 0 Å². The molecule has 1 aromatic carbocycles. The lowest BCUT2D eigenvalue weighted by Gasteiger charge is -2.32. The van der Waals surface area contributed by atoms with Gasteiger partial charge in [-0.1, -0.05) is 31.0 Å². The van der Waals surface area contributed by atoms with Gasteiger partial charge in [0, 0.05) is 44.7 Å². The molecule has 30 heavy (non-hydrogen) atoms. The van der Waals surface area contributed by atoms with E-state index in [1.807, 2.05) is 30.3 Å². The number of hydroxylamine groups is 1. The van der Waals surface area contributed by atoms with E-state index < -0.39 is 18.1 Å². The van der Waals surface area contributed by atoms with Crippen LogP contribution in [0.15, 0.2) is 30.3 Å². The normalized spacial score (nSPS) is 13.5. The van der Waals surface area contributed by atoms with Gasteiger partial charge in [0.25, 0.3) is 5.91 Å². The molecule has 4 amide bonds. The Morgan fingerprint density at radius 3 is 2.00 bits per heavy atom. The lowest BCUT2D eigenvalue weighted by molar-refractivity contribution is -0.130. The summed E-state index contributed by atoms with van der Waals surface area (Å²) in [5.74, 6) is -0.426. The number of hydrogen-bond acceptors (Lipinski definition) is 5. The van der Waals surface area contributed by atoms with Gasteiger partial charge in [0.05, 0.1) is 0 Å². The van der Waals surface area contributed by atoms with E-state index >= 15 is 0 Å². The first-order valence-corrected chi connectivity index (χ1v) is 10.0. The van der Waals surface area contributed by atoms with Crippen molar-refractivity contribution in [1.29, 1.82) is 0 Å². The fourth-order valence-electron chi connectivity index (χ4n) is 2.97. The van der Waals surface area contributed by atoms with Crippen LogP contribution in [0, 0.1) is 0 Å². The van der Waals surface area contributed by atoms with Gasteiger partial charge in [0.1, 0.15) is 0 Å². The average Bonchev–Trinajstić information content (AvgIpc) is 2.75. The van der Waals surface area contributed by atoms with Gasteiger partial charge in [-0.05, 0) is 25.0 Å². The summed E-state index contributed by atoms with van der Waals surface area (Å²) in [6, 6.07) is 9.27. The molecule has 1 aromatic rings. The number of carbonyl (C=O) groups is 4. The molecule has 2 rings (SSSR count). The van der Waals surface area contributed by atoms with E-state index in [2.05, 4.69) is 10.8 Å². The fourth-order valence-corrected chi connectivity index (χ4v) is 2.97. The zero-order valence-corrected chi connectivity index (χ0v) is 16.8. The third-order valence-electron chi connectivity index (χ3n) is 4.68. The van der Waals surface area contributed by atoms with Gasteiger partial charge in [-0.15, -0.1) is 0 Å². The molecule has 1 aliphatic heterocycles. The highest BCUT2D eigenvalue weighted by Gasteiger charge is 2.25. The molecule has 0 aliphatic carbocycles. The van der Waals surface area contributed by atoms with Crippen LogP contribution in [0.5, 0.6) is 0 Å². The Morgan fingerprint density at radius 1 is 0.833 bits per heavy atom. The number of carboxylic acid groups (broad SMARTS) is 1. The van der Waals surface area contributed by atoms with Crippen LogP contribution in [0.2, 0.25) is 0 Å². The zero-order valence-electron chi connectivity index (χ0n) is 16.8. The number of nitrogens with one attached hydrogen (secondary N) is 2. The van der Waals surface area contributed by atoms with Crippen molar-refractivity contribution >= 4 is 29.7 Å². The second-order valence-corrected chi connectivity index (χ2v) is 6.98. The Labute approximate surface area is 175 Å². The number of amides is 4. The van der Waals surface area contributed by atoms with E-state index in [-0.39, 0.29) is 38.5 Å². The maximum absolute atomic E-state index is 11.9. The molecular formula is C20H28N4O6. The van der Waals surface area contributed by atoms with E-state index in [9.17, 15) is 19.2 Å². The highest BCUT2D eigenvalue weighted by Crippen LogP contribution is 2.09. The van der Waals surface area contributed by atoms with Crippen LogP contribution in [0.1, 0.15) is 38.5 Å². The van der Waals surface area contributed by atoms with Gasteiger partial charge in [0.15, 0.2) is 0 Å². The Morgan fingerprint density at radius 2 is 1.40 bits per heavy atom. The number of nitrogens with zero attached hydrogens (tertiary/aromatic N) is 2. The topological polar surface area (TPSA) is 128 Å². The summed E-state index contributed by atoms with van der Waals surface area (Å²) >= 11 is 0. The van der Waals surface area contributed by atoms with E-state index in [0.29, 0.717) is 12.8 Å². The molecule has 164 valence electrons. The van der Waals surface area contributed by atoms with Crippen LogP contribution in [-0.2, 0) is 14.4 Å². The third-order valence-corrected chi connectivity index (χ3v) is 4.68. The van der Waals surface area contributed by atoms with E-state index in [4.69, 9.17) is 9.94 Å². The number of carbonyl (C=O) groups excluding carboxylic acids is 3. The lowest BCUT2D eigenvalue weighted by Crippen LogP contribution is -2.51. The van der Waals surface area contributed by atoms with Crippen LogP contribution < -0.4 is 10.8 Å². The molecule has 1 fully saturated rings. The molecule has 10 heteroatoms. The lowest BCUT2D eigenvalue weighted by atomic mass is 10.1. The number of benzene rings is 1. The number of para-hydroxylation sites is 1. The highest BCUT2D eigenvalue weighted by atomic mass is 16.7. The Kier molecular flexibility index (Phi) is 9.43. The zero-order chi connectivity index (χ0) is 21.8. The number of rotatable bonds is 8. The molecule has 3 N–H and O–H groups in total. The van der Waals surface area contributed by atoms with Crippen molar-refractivity contribution in [3.05, 3.63) is 30.3 Å². The molecule has 0 atom stereocenters. The summed E-state index contributed by atoms with van der Waals surface area (Å²) in [7, 11) is 0. The first-order valence-electron chi connectivity index (χ1n) is 10.0. The van der Waals surface area contributed by atoms with Gasteiger partial charge in [-0.25, -0.2) is 9.59 Å². The second kappa shape index (κ2) is 12.3. The second-order valence-electron chi connectivity index (χ2n) is 6.98. The largest absolute Gasteiger partial charge is 0.465 e. The monoisotopic (exact) mass is 420 g/mol. The quantitative estimate of drug-likeness (QED) is 0.438. The van der Waals surface area contributed by atoms with Gasteiger partial charge < -0.3 is 25.1 Å². The minimum atomic E-state index is -1.02. The molecule has 1 saturated heterocycles. The maximum Gasteiger partial charge on any atom is 0.434 e. The van der Waals surface area contributed by atoms with Crippen molar-refractivity contribution in [2.24, 2.45) is 0 Å². The Bertz CT molecular complexity index is 719. The van der Waals surface area contributed by atoms with Gasteiger partial charge in [0.2, 0.25) is 5.91 Å². The summed E-state index contributed by atoms with van der Waals surface area (Å²) in [5.41, 5.74) is 2.90. The molecule has 0 unspecified atom stereocenters. The first kappa shape index (κ1) is 23.0. The Hall–Kier alpha value is -3.30. The molecule has 1 aliphatic rings.